The standard InChI is InChI=1S/C22H30ClN3O3/c1-4-24-9-11-25(12-10-24)21(17-5-7-18(23)8-6-17)20-19(27)15-16(2)26(22(20)28)13-14-29-3/h5-8,15,21,27H,4,9-14H2,1-3H3/t21-/m1/s1. The van der Waals surface area contributed by atoms with Gasteiger partial charge in [-0.25, -0.2) is 0 Å². The van der Waals surface area contributed by atoms with Gasteiger partial charge in [0.25, 0.3) is 5.56 Å². The number of halogens is 1. The third kappa shape index (κ3) is 4.83. The van der Waals surface area contributed by atoms with Crippen molar-refractivity contribution in [1.82, 2.24) is 14.4 Å². The van der Waals surface area contributed by atoms with Gasteiger partial charge in [-0.1, -0.05) is 30.7 Å². The zero-order valence-electron chi connectivity index (χ0n) is 17.4. The molecule has 7 heteroatoms. The van der Waals surface area contributed by atoms with Crippen LogP contribution in [0.25, 0.3) is 0 Å². The molecule has 1 aromatic heterocycles. The van der Waals surface area contributed by atoms with Crippen LogP contribution in [0.15, 0.2) is 35.1 Å². The Hall–Kier alpha value is -1.86. The molecule has 1 saturated heterocycles. The van der Waals surface area contributed by atoms with Gasteiger partial charge in [-0.15, -0.1) is 0 Å². The van der Waals surface area contributed by atoms with E-state index in [4.69, 9.17) is 16.3 Å². The third-order valence-electron chi connectivity index (χ3n) is 5.72. The summed E-state index contributed by atoms with van der Waals surface area (Å²) in [5.74, 6) is 0.0408. The molecule has 0 aliphatic carbocycles. The molecular formula is C22H30ClN3O3. The van der Waals surface area contributed by atoms with E-state index in [0.717, 1.165) is 44.0 Å². The Bertz CT molecular complexity index is 874. The molecular weight excluding hydrogens is 390 g/mol. The van der Waals surface area contributed by atoms with Gasteiger partial charge in [-0.3, -0.25) is 9.69 Å². The van der Waals surface area contributed by atoms with Gasteiger partial charge in [0.15, 0.2) is 0 Å². The lowest BCUT2D eigenvalue weighted by Gasteiger charge is -2.39. The van der Waals surface area contributed by atoms with Crippen LogP contribution in [-0.4, -0.2) is 65.9 Å². The van der Waals surface area contributed by atoms with Crippen molar-refractivity contribution in [3.8, 4) is 5.75 Å². The molecule has 0 unspecified atom stereocenters. The van der Waals surface area contributed by atoms with Crippen molar-refractivity contribution in [2.45, 2.75) is 26.4 Å². The lowest BCUT2D eigenvalue weighted by molar-refractivity contribution is 0.111. The van der Waals surface area contributed by atoms with Gasteiger partial charge in [0.05, 0.1) is 18.2 Å². The fourth-order valence-electron chi connectivity index (χ4n) is 4.03. The van der Waals surface area contributed by atoms with E-state index in [-0.39, 0.29) is 17.4 Å². The number of ether oxygens (including phenoxy) is 1. The largest absolute Gasteiger partial charge is 0.507 e. The Kier molecular flexibility index (Phi) is 7.35. The van der Waals surface area contributed by atoms with E-state index in [0.29, 0.717) is 23.7 Å². The lowest BCUT2D eigenvalue weighted by atomic mass is 9.96. The summed E-state index contributed by atoms with van der Waals surface area (Å²) in [7, 11) is 1.62. The van der Waals surface area contributed by atoms with E-state index >= 15 is 0 Å². The van der Waals surface area contributed by atoms with Crippen LogP contribution in [0.3, 0.4) is 0 Å². The summed E-state index contributed by atoms with van der Waals surface area (Å²) in [5, 5.41) is 11.5. The molecule has 1 aliphatic rings. The summed E-state index contributed by atoms with van der Waals surface area (Å²) >= 11 is 6.10. The molecule has 0 spiro atoms. The van der Waals surface area contributed by atoms with Gasteiger partial charge in [0.2, 0.25) is 0 Å². The molecule has 1 N–H and O–H groups in total. The summed E-state index contributed by atoms with van der Waals surface area (Å²) < 4.78 is 6.86. The molecule has 1 fully saturated rings. The van der Waals surface area contributed by atoms with Crippen molar-refractivity contribution in [2.75, 3.05) is 46.4 Å². The van der Waals surface area contributed by atoms with E-state index in [1.165, 1.54) is 0 Å². The molecule has 1 aliphatic heterocycles. The van der Waals surface area contributed by atoms with E-state index in [2.05, 4.69) is 16.7 Å². The average Bonchev–Trinajstić information content (AvgIpc) is 2.72. The van der Waals surface area contributed by atoms with Crippen LogP contribution in [0.5, 0.6) is 5.75 Å². The van der Waals surface area contributed by atoms with Crippen molar-refractivity contribution in [3.63, 3.8) is 0 Å². The fraction of sp³-hybridized carbons (Fsp3) is 0.500. The average molecular weight is 420 g/mol. The summed E-state index contributed by atoms with van der Waals surface area (Å²) in [6.45, 7) is 9.41. The third-order valence-corrected chi connectivity index (χ3v) is 5.97. The van der Waals surface area contributed by atoms with Crippen LogP contribution in [0.4, 0.5) is 0 Å². The van der Waals surface area contributed by atoms with Gasteiger partial charge in [0, 0.05) is 50.6 Å². The molecule has 0 bridgehead atoms. The van der Waals surface area contributed by atoms with E-state index in [1.54, 1.807) is 17.7 Å². The topological polar surface area (TPSA) is 57.9 Å². The van der Waals surface area contributed by atoms with Crippen molar-refractivity contribution in [3.05, 3.63) is 62.5 Å². The first kappa shape index (κ1) is 21.8. The zero-order chi connectivity index (χ0) is 21.0. The summed E-state index contributed by atoms with van der Waals surface area (Å²) in [6, 6.07) is 8.90. The highest BCUT2D eigenvalue weighted by molar-refractivity contribution is 6.30. The highest BCUT2D eigenvalue weighted by Gasteiger charge is 2.31. The first-order valence-corrected chi connectivity index (χ1v) is 10.5. The number of hydrogen-bond acceptors (Lipinski definition) is 5. The van der Waals surface area contributed by atoms with Crippen LogP contribution in [-0.2, 0) is 11.3 Å². The molecule has 1 aromatic carbocycles. The van der Waals surface area contributed by atoms with Crippen LogP contribution in [0, 0.1) is 6.92 Å². The molecule has 0 radical (unpaired) electrons. The first-order chi connectivity index (χ1) is 14.0. The molecule has 1 atom stereocenters. The zero-order valence-corrected chi connectivity index (χ0v) is 18.2. The normalized spacial score (nSPS) is 16.8. The number of methoxy groups -OCH3 is 1. The number of pyridine rings is 1. The molecule has 29 heavy (non-hydrogen) atoms. The Morgan fingerprint density at radius 1 is 1.17 bits per heavy atom. The smallest absolute Gasteiger partial charge is 0.259 e. The summed E-state index contributed by atoms with van der Waals surface area (Å²) in [4.78, 5) is 18.1. The predicted molar refractivity (Wildman–Crippen MR) is 116 cm³/mol. The SMILES string of the molecule is CCN1CCN([C@H](c2ccc(Cl)cc2)c2c(O)cc(C)n(CCOC)c2=O)CC1. The van der Waals surface area contributed by atoms with Crippen molar-refractivity contribution >= 4 is 11.6 Å². The second-order valence-electron chi connectivity index (χ2n) is 7.46. The number of aromatic hydroxyl groups is 1. The highest BCUT2D eigenvalue weighted by Crippen LogP contribution is 2.33. The van der Waals surface area contributed by atoms with E-state index < -0.39 is 0 Å². The highest BCUT2D eigenvalue weighted by atomic mass is 35.5. The number of hydrogen-bond donors (Lipinski definition) is 1. The minimum absolute atomic E-state index is 0.0408. The Morgan fingerprint density at radius 3 is 2.41 bits per heavy atom. The fourth-order valence-corrected chi connectivity index (χ4v) is 4.16. The maximum absolute atomic E-state index is 13.4. The summed E-state index contributed by atoms with van der Waals surface area (Å²) in [5.41, 5.74) is 1.92. The molecule has 158 valence electrons. The van der Waals surface area contributed by atoms with Crippen LogP contribution in [0.1, 0.15) is 29.8 Å². The lowest BCUT2D eigenvalue weighted by Crippen LogP contribution is -2.48. The second kappa shape index (κ2) is 9.76. The predicted octanol–water partition coefficient (Wildman–Crippen LogP) is 2.89. The van der Waals surface area contributed by atoms with Gasteiger partial charge >= 0.3 is 0 Å². The maximum atomic E-state index is 13.4. The summed E-state index contributed by atoms with van der Waals surface area (Å²) in [6.07, 6.45) is 0. The number of likely N-dealkylation sites (N-methyl/N-ethyl adjacent to an activating group) is 1. The minimum Gasteiger partial charge on any atom is -0.507 e. The molecule has 2 aromatic rings. The van der Waals surface area contributed by atoms with Crippen molar-refractivity contribution in [2.24, 2.45) is 0 Å². The Balaban J connectivity index is 2.09. The molecule has 0 saturated carbocycles. The number of benzene rings is 1. The number of aryl methyl sites for hydroxylation is 1. The first-order valence-electron chi connectivity index (χ1n) is 10.1. The van der Waals surface area contributed by atoms with Crippen LogP contribution in [0.2, 0.25) is 5.02 Å². The molecule has 6 nitrogen and oxygen atoms in total. The van der Waals surface area contributed by atoms with Gasteiger partial charge < -0.3 is 19.3 Å². The number of piperazine rings is 1. The Morgan fingerprint density at radius 2 is 1.83 bits per heavy atom. The van der Waals surface area contributed by atoms with Gasteiger partial charge in [-0.2, -0.15) is 0 Å². The Labute approximate surface area is 177 Å². The number of nitrogens with zero attached hydrogens (tertiary/aromatic N) is 3. The van der Waals surface area contributed by atoms with E-state index in [9.17, 15) is 9.90 Å². The monoisotopic (exact) mass is 419 g/mol. The van der Waals surface area contributed by atoms with Crippen LogP contribution >= 0.6 is 11.6 Å². The van der Waals surface area contributed by atoms with Crippen molar-refractivity contribution < 1.29 is 9.84 Å². The molecule has 2 heterocycles. The van der Waals surface area contributed by atoms with Gasteiger partial charge in [0.1, 0.15) is 5.75 Å². The molecule has 0 amide bonds. The minimum atomic E-state index is -0.326. The number of aromatic nitrogens is 1. The second-order valence-corrected chi connectivity index (χ2v) is 7.89. The van der Waals surface area contributed by atoms with Crippen molar-refractivity contribution in [1.29, 1.82) is 0 Å². The van der Waals surface area contributed by atoms with Crippen LogP contribution < -0.4 is 5.56 Å². The quantitative estimate of drug-likeness (QED) is 0.747. The van der Waals surface area contributed by atoms with E-state index in [1.807, 2.05) is 31.2 Å². The van der Waals surface area contributed by atoms with Gasteiger partial charge in [-0.05, 0) is 37.2 Å². The number of rotatable bonds is 7. The maximum Gasteiger partial charge on any atom is 0.259 e. The molecule has 3 rings (SSSR count).